The molecule has 1 saturated heterocycles. The smallest absolute Gasteiger partial charge is 0.338 e. The highest BCUT2D eigenvalue weighted by atomic mass is 127. The summed E-state index contributed by atoms with van der Waals surface area (Å²) in [6.07, 6.45) is 8.07. The van der Waals surface area contributed by atoms with Gasteiger partial charge in [0, 0.05) is 44.8 Å². The Kier molecular flexibility index (Phi) is 8.10. The molecule has 0 spiro atoms. The molecule has 7 rings (SSSR count). The highest BCUT2D eigenvalue weighted by Crippen LogP contribution is 2.37. The van der Waals surface area contributed by atoms with Crippen LogP contribution in [0.15, 0.2) is 66.7 Å². The van der Waals surface area contributed by atoms with Crippen molar-refractivity contribution in [2.24, 2.45) is 0 Å². The summed E-state index contributed by atoms with van der Waals surface area (Å²) in [6, 6.07) is 22.5. The number of halogens is 1. The van der Waals surface area contributed by atoms with E-state index in [1.54, 1.807) is 0 Å². The van der Waals surface area contributed by atoms with E-state index >= 15 is 0 Å². The maximum atomic E-state index is 13.1. The van der Waals surface area contributed by atoms with E-state index in [9.17, 15) is 9.59 Å². The molecule has 0 N–H and O–H groups in total. The average Bonchev–Trinajstić information content (AvgIpc) is 3.73. The molecule has 1 saturated carbocycles. The first-order chi connectivity index (χ1) is 21.5. The predicted octanol–water partition coefficient (Wildman–Crippen LogP) is 8.44. The van der Waals surface area contributed by atoms with Crippen LogP contribution in [0.3, 0.4) is 0 Å². The number of imidazole rings is 1. The Morgan fingerprint density at radius 3 is 2.43 bits per heavy atom. The van der Waals surface area contributed by atoms with Crippen molar-refractivity contribution in [2.45, 2.75) is 57.9 Å². The first-order valence-electron chi connectivity index (χ1n) is 15.7. The van der Waals surface area contributed by atoms with E-state index in [1.165, 1.54) is 19.3 Å². The number of pyridine rings is 1. The Morgan fingerprint density at radius 2 is 1.64 bits per heavy atom. The van der Waals surface area contributed by atoms with Crippen LogP contribution in [0.1, 0.15) is 78.6 Å². The molecular weight excluding hydrogens is 663 g/mol. The topological polar surface area (TPSA) is 77.3 Å². The number of carbonyl (C=O) groups is 2. The minimum Gasteiger partial charge on any atom is -0.462 e. The lowest BCUT2D eigenvalue weighted by atomic mass is 9.94. The van der Waals surface area contributed by atoms with Crippen LogP contribution in [-0.4, -0.2) is 51.0 Å². The van der Waals surface area contributed by atoms with E-state index in [4.69, 9.17) is 14.7 Å². The molecule has 3 aromatic carbocycles. The van der Waals surface area contributed by atoms with Gasteiger partial charge in [0.1, 0.15) is 5.82 Å². The number of hydrogen-bond donors (Lipinski definition) is 0. The van der Waals surface area contributed by atoms with Crippen LogP contribution >= 0.6 is 22.6 Å². The lowest BCUT2D eigenvalue weighted by molar-refractivity contribution is 0.0526. The molecule has 0 atom stereocenters. The first-order valence-corrected chi connectivity index (χ1v) is 16.8. The van der Waals surface area contributed by atoms with E-state index in [2.05, 4.69) is 51.4 Å². The number of aromatic nitrogens is 3. The molecule has 0 radical (unpaired) electrons. The largest absolute Gasteiger partial charge is 0.462 e. The SMILES string of the molecule is CCOC(=O)c1ccc2c(c1)nc(-c1ccc3nc(-c4cc(C(=O)N5CCCC5)ccc4I)ccc3c1)n2C1CCCCC1. The van der Waals surface area contributed by atoms with Crippen molar-refractivity contribution in [1.82, 2.24) is 19.4 Å². The van der Waals surface area contributed by atoms with Crippen LogP contribution in [0.5, 0.6) is 0 Å². The molecule has 2 aliphatic rings. The van der Waals surface area contributed by atoms with Gasteiger partial charge in [0.2, 0.25) is 0 Å². The van der Waals surface area contributed by atoms with Crippen LogP contribution < -0.4 is 0 Å². The van der Waals surface area contributed by atoms with Gasteiger partial charge in [-0.05, 0) is 116 Å². The second kappa shape index (κ2) is 12.3. The van der Waals surface area contributed by atoms with Gasteiger partial charge >= 0.3 is 5.97 Å². The molecule has 8 heteroatoms. The Bertz CT molecular complexity index is 1890. The van der Waals surface area contributed by atoms with Crippen molar-refractivity contribution >= 4 is 56.4 Å². The van der Waals surface area contributed by atoms with E-state index in [0.29, 0.717) is 23.8 Å². The van der Waals surface area contributed by atoms with Gasteiger partial charge in [-0.1, -0.05) is 25.3 Å². The molecule has 2 fully saturated rings. The molecule has 1 aliphatic heterocycles. The van der Waals surface area contributed by atoms with Gasteiger partial charge in [0.25, 0.3) is 5.91 Å². The number of esters is 1. The third-order valence-electron chi connectivity index (χ3n) is 8.97. The van der Waals surface area contributed by atoms with Gasteiger partial charge in [-0.2, -0.15) is 0 Å². The number of likely N-dealkylation sites (tertiary alicyclic amines) is 1. The second-order valence-electron chi connectivity index (χ2n) is 11.8. The van der Waals surface area contributed by atoms with Gasteiger partial charge in [0.05, 0.1) is 34.4 Å². The third-order valence-corrected chi connectivity index (χ3v) is 9.91. The molecule has 0 unspecified atom stereocenters. The highest BCUT2D eigenvalue weighted by Gasteiger charge is 2.24. The minimum absolute atomic E-state index is 0.0980. The maximum Gasteiger partial charge on any atom is 0.338 e. The van der Waals surface area contributed by atoms with Crippen molar-refractivity contribution < 1.29 is 14.3 Å². The molecule has 44 heavy (non-hydrogen) atoms. The van der Waals surface area contributed by atoms with Gasteiger partial charge in [-0.25, -0.2) is 14.8 Å². The molecule has 3 heterocycles. The number of benzene rings is 3. The van der Waals surface area contributed by atoms with Crippen molar-refractivity contribution in [3.05, 3.63) is 81.4 Å². The summed E-state index contributed by atoms with van der Waals surface area (Å²) >= 11 is 2.33. The number of hydrogen-bond acceptors (Lipinski definition) is 5. The molecular formula is C36H35IN4O3. The zero-order chi connectivity index (χ0) is 30.2. The lowest BCUT2D eigenvalue weighted by Gasteiger charge is -2.25. The van der Waals surface area contributed by atoms with Gasteiger partial charge in [-0.3, -0.25) is 4.79 Å². The molecule has 5 aromatic rings. The van der Waals surface area contributed by atoms with Crippen LogP contribution in [0.2, 0.25) is 0 Å². The van der Waals surface area contributed by atoms with Gasteiger partial charge in [0.15, 0.2) is 0 Å². The second-order valence-corrected chi connectivity index (χ2v) is 13.0. The van der Waals surface area contributed by atoms with Crippen LogP contribution in [0.25, 0.3) is 44.6 Å². The normalized spacial score (nSPS) is 15.7. The first kappa shape index (κ1) is 29.0. The monoisotopic (exact) mass is 698 g/mol. The Labute approximate surface area is 270 Å². The zero-order valence-corrected chi connectivity index (χ0v) is 27.0. The molecule has 0 bridgehead atoms. The number of nitrogens with zero attached hydrogens (tertiary/aromatic N) is 4. The lowest BCUT2D eigenvalue weighted by Crippen LogP contribution is -2.27. The van der Waals surface area contributed by atoms with Gasteiger partial charge < -0.3 is 14.2 Å². The number of rotatable bonds is 6. The third kappa shape index (κ3) is 5.49. The van der Waals surface area contributed by atoms with E-state index < -0.39 is 0 Å². The molecule has 7 nitrogen and oxygen atoms in total. The molecule has 1 amide bonds. The summed E-state index contributed by atoms with van der Waals surface area (Å²) in [5.41, 5.74) is 6.84. The molecule has 2 aromatic heterocycles. The summed E-state index contributed by atoms with van der Waals surface area (Å²) in [5, 5.41) is 1.03. The number of ether oxygens (including phenoxy) is 1. The van der Waals surface area contributed by atoms with Crippen molar-refractivity contribution in [1.29, 1.82) is 0 Å². The summed E-state index contributed by atoms with van der Waals surface area (Å²) < 4.78 is 8.70. The number of carbonyl (C=O) groups excluding carboxylic acids is 2. The van der Waals surface area contributed by atoms with Crippen molar-refractivity contribution in [3.8, 4) is 22.6 Å². The summed E-state index contributed by atoms with van der Waals surface area (Å²) in [6.45, 7) is 3.82. The van der Waals surface area contributed by atoms with Crippen molar-refractivity contribution in [3.63, 3.8) is 0 Å². The molecule has 224 valence electrons. The number of fused-ring (bicyclic) bond motifs is 2. The Balaban J connectivity index is 1.27. The summed E-state index contributed by atoms with van der Waals surface area (Å²) in [7, 11) is 0. The fourth-order valence-corrected chi connectivity index (χ4v) is 7.34. The minimum atomic E-state index is -0.323. The standard InChI is InChI=1S/C36H35IN4O3/c1-2-44-36(43)26-13-17-33-32(22-26)39-34(41(33)27-8-4-3-5-9-27)24-12-15-30-23(20-24)11-16-31(38-30)28-21-25(10-14-29(28)37)35(42)40-18-6-7-19-40/h10-17,20-22,27H,2-9,18-19H2,1H3. The van der Waals surface area contributed by atoms with E-state index in [1.807, 2.05) is 54.3 Å². The van der Waals surface area contributed by atoms with Crippen LogP contribution in [0, 0.1) is 3.57 Å². The van der Waals surface area contributed by atoms with Gasteiger partial charge in [-0.15, -0.1) is 0 Å². The zero-order valence-electron chi connectivity index (χ0n) is 24.9. The fraction of sp³-hybridized carbons (Fsp3) is 0.333. The van der Waals surface area contributed by atoms with E-state index in [0.717, 1.165) is 86.9 Å². The maximum absolute atomic E-state index is 13.1. The van der Waals surface area contributed by atoms with Crippen molar-refractivity contribution in [2.75, 3.05) is 19.7 Å². The van der Waals surface area contributed by atoms with E-state index in [-0.39, 0.29) is 11.9 Å². The quantitative estimate of drug-likeness (QED) is 0.131. The fourth-order valence-electron chi connectivity index (χ4n) is 6.72. The molecule has 1 aliphatic carbocycles. The number of amides is 1. The van der Waals surface area contributed by atoms with Crippen LogP contribution in [0.4, 0.5) is 0 Å². The Hall–Kier alpha value is -3.79. The average molecular weight is 699 g/mol. The predicted molar refractivity (Wildman–Crippen MR) is 182 cm³/mol. The van der Waals surface area contributed by atoms with Crippen LogP contribution in [-0.2, 0) is 4.74 Å². The summed E-state index contributed by atoms with van der Waals surface area (Å²) in [4.78, 5) is 37.6. The highest BCUT2D eigenvalue weighted by molar-refractivity contribution is 14.1. The summed E-state index contributed by atoms with van der Waals surface area (Å²) in [5.74, 6) is 0.693. The Morgan fingerprint density at radius 1 is 0.841 bits per heavy atom.